The van der Waals surface area contributed by atoms with Crippen molar-refractivity contribution in [2.75, 3.05) is 6.61 Å². The molecular formula is C34H54N2O5. The molecular weight excluding hydrogens is 516 g/mol. The lowest BCUT2D eigenvalue weighted by molar-refractivity contribution is -0.141. The number of carboxylic acids is 1. The summed E-state index contributed by atoms with van der Waals surface area (Å²) in [7, 11) is 0. The van der Waals surface area contributed by atoms with E-state index in [1.54, 1.807) is 20.8 Å². The van der Waals surface area contributed by atoms with Crippen LogP contribution in [0.25, 0.3) is 0 Å². The number of nitrogens with one attached hydrogen (secondary N) is 1. The molecule has 1 aromatic carbocycles. The smallest absolute Gasteiger partial charge is 0.418 e. The van der Waals surface area contributed by atoms with Crippen LogP contribution in [-0.2, 0) is 16.0 Å². The van der Waals surface area contributed by atoms with Gasteiger partial charge >= 0.3 is 18.1 Å². The van der Waals surface area contributed by atoms with Gasteiger partial charge in [-0.05, 0) is 62.3 Å². The summed E-state index contributed by atoms with van der Waals surface area (Å²) >= 11 is 0. The zero-order chi connectivity index (χ0) is 30.2. The van der Waals surface area contributed by atoms with Crippen molar-refractivity contribution in [2.45, 2.75) is 137 Å². The van der Waals surface area contributed by atoms with Gasteiger partial charge in [-0.25, -0.2) is 14.5 Å². The van der Waals surface area contributed by atoms with Gasteiger partial charge in [-0.2, -0.15) is 0 Å². The number of ether oxygens (including phenoxy) is 1. The number of unbranched alkanes of at least 4 members (excludes halogenated alkanes) is 12. The van der Waals surface area contributed by atoms with Gasteiger partial charge in [0.15, 0.2) is 0 Å². The number of amides is 3. The van der Waals surface area contributed by atoms with Gasteiger partial charge in [0.1, 0.15) is 0 Å². The number of carboxylic acid groups (broad SMARTS) is 1. The van der Waals surface area contributed by atoms with Crippen molar-refractivity contribution in [3.63, 3.8) is 0 Å². The molecule has 1 aromatic rings. The van der Waals surface area contributed by atoms with Gasteiger partial charge in [0.05, 0.1) is 18.6 Å². The first-order valence-corrected chi connectivity index (χ1v) is 16.0. The summed E-state index contributed by atoms with van der Waals surface area (Å²) in [6.07, 6.45) is 17.1. The highest BCUT2D eigenvalue weighted by molar-refractivity contribution is 5.94. The van der Waals surface area contributed by atoms with E-state index in [1.165, 1.54) is 70.6 Å². The number of imide groups is 1. The number of urea groups is 1. The average Bonchev–Trinajstić information content (AvgIpc) is 2.92. The number of rotatable bonds is 19. The summed E-state index contributed by atoms with van der Waals surface area (Å²) in [6, 6.07) is 4.83. The van der Waals surface area contributed by atoms with Crippen LogP contribution in [0, 0.1) is 12.8 Å². The summed E-state index contributed by atoms with van der Waals surface area (Å²) in [4.78, 5) is 39.1. The van der Waals surface area contributed by atoms with Crippen molar-refractivity contribution in [3.05, 3.63) is 46.2 Å². The zero-order valence-electron chi connectivity index (χ0n) is 26.2. The van der Waals surface area contributed by atoms with Crippen molar-refractivity contribution in [1.82, 2.24) is 10.2 Å². The lowest BCUT2D eigenvalue weighted by atomic mass is 9.83. The molecule has 2 N–H and O–H groups in total. The van der Waals surface area contributed by atoms with Gasteiger partial charge in [0, 0.05) is 5.70 Å². The Bertz CT molecular complexity index is 1020. The fraction of sp³-hybridized carbons (Fsp3) is 0.676. The molecule has 3 amide bonds. The van der Waals surface area contributed by atoms with Crippen LogP contribution in [0.1, 0.15) is 140 Å². The number of benzene rings is 1. The molecule has 1 heterocycles. The first kappa shape index (κ1) is 34.4. The van der Waals surface area contributed by atoms with E-state index in [2.05, 4.69) is 18.3 Å². The maximum absolute atomic E-state index is 13.1. The van der Waals surface area contributed by atoms with Crippen molar-refractivity contribution in [1.29, 1.82) is 0 Å². The molecule has 0 aromatic heterocycles. The molecule has 0 aliphatic carbocycles. The molecule has 0 saturated carbocycles. The molecule has 1 aliphatic rings. The summed E-state index contributed by atoms with van der Waals surface area (Å²) in [5.74, 6) is -1.59. The van der Waals surface area contributed by atoms with Crippen molar-refractivity contribution < 1.29 is 24.2 Å². The van der Waals surface area contributed by atoms with E-state index in [4.69, 9.17) is 4.74 Å². The Labute approximate surface area is 248 Å². The molecule has 7 nitrogen and oxygen atoms in total. The number of hydrogen-bond donors (Lipinski definition) is 2. The fourth-order valence-corrected chi connectivity index (χ4v) is 5.83. The van der Waals surface area contributed by atoms with Crippen LogP contribution in [0.15, 0.2) is 29.5 Å². The second-order valence-electron chi connectivity index (χ2n) is 11.6. The predicted molar refractivity (Wildman–Crippen MR) is 165 cm³/mol. The predicted octanol–water partition coefficient (Wildman–Crippen LogP) is 9.24. The molecule has 0 saturated heterocycles. The van der Waals surface area contributed by atoms with E-state index in [9.17, 15) is 19.5 Å². The second kappa shape index (κ2) is 18.6. The summed E-state index contributed by atoms with van der Waals surface area (Å²) < 4.78 is 5.29. The minimum absolute atomic E-state index is 0.137. The molecule has 0 radical (unpaired) electrons. The second-order valence-corrected chi connectivity index (χ2v) is 11.6. The van der Waals surface area contributed by atoms with Crippen LogP contribution < -0.4 is 5.32 Å². The van der Waals surface area contributed by atoms with Crippen LogP contribution in [-0.4, -0.2) is 34.7 Å². The first-order chi connectivity index (χ1) is 19.7. The average molecular weight is 571 g/mol. The molecule has 0 bridgehead atoms. The first-order valence-electron chi connectivity index (χ1n) is 16.0. The minimum atomic E-state index is -0.916. The molecule has 41 heavy (non-hydrogen) atoms. The van der Waals surface area contributed by atoms with Crippen molar-refractivity contribution in [2.24, 2.45) is 5.92 Å². The molecule has 230 valence electrons. The molecule has 0 fully saturated rings. The highest BCUT2D eigenvalue weighted by Gasteiger charge is 2.41. The van der Waals surface area contributed by atoms with Gasteiger partial charge in [-0.1, -0.05) is 109 Å². The van der Waals surface area contributed by atoms with Gasteiger partial charge in [0.25, 0.3) is 0 Å². The van der Waals surface area contributed by atoms with E-state index < -0.39 is 30.1 Å². The topological polar surface area (TPSA) is 95.9 Å². The van der Waals surface area contributed by atoms with Crippen LogP contribution in [0.3, 0.4) is 0 Å². The molecule has 0 spiro atoms. The monoisotopic (exact) mass is 570 g/mol. The summed E-state index contributed by atoms with van der Waals surface area (Å²) in [5.41, 5.74) is 4.30. The summed E-state index contributed by atoms with van der Waals surface area (Å²) in [6.45, 7) is 9.52. The number of aryl methyl sites for hydroxylation is 2. The zero-order valence-corrected chi connectivity index (χ0v) is 26.2. The van der Waals surface area contributed by atoms with E-state index in [-0.39, 0.29) is 13.0 Å². The maximum Gasteiger partial charge on any atom is 0.418 e. The lowest BCUT2D eigenvalue weighted by Gasteiger charge is -2.38. The highest BCUT2D eigenvalue weighted by Crippen LogP contribution is 2.40. The number of nitrogens with zero attached hydrogens (tertiary/aromatic N) is 1. The van der Waals surface area contributed by atoms with E-state index in [1.807, 2.05) is 19.1 Å². The SMILES string of the molecule is CCCCCCCCCCCCCCCc1cccc(C)c1C1C(CC(C)C(=O)O)=C(C)NC(=O)N1C(=O)OCC. The quantitative estimate of drug-likeness (QED) is 0.162. The van der Waals surface area contributed by atoms with Crippen molar-refractivity contribution in [3.8, 4) is 0 Å². The van der Waals surface area contributed by atoms with E-state index in [0.717, 1.165) is 46.4 Å². The molecule has 2 unspecified atom stereocenters. The normalized spacial score (nSPS) is 16.1. The van der Waals surface area contributed by atoms with Crippen molar-refractivity contribution >= 4 is 18.1 Å². The third kappa shape index (κ3) is 10.8. The molecule has 2 atom stereocenters. The van der Waals surface area contributed by atoms with Crippen LogP contribution in [0.4, 0.5) is 9.59 Å². The van der Waals surface area contributed by atoms with Crippen LogP contribution >= 0.6 is 0 Å². The highest BCUT2D eigenvalue weighted by atomic mass is 16.6. The number of hydrogen-bond acceptors (Lipinski definition) is 4. The number of allylic oxidation sites excluding steroid dienone is 1. The van der Waals surface area contributed by atoms with Crippen LogP contribution in [0.2, 0.25) is 0 Å². The Morgan fingerprint density at radius 3 is 2.02 bits per heavy atom. The number of aliphatic carboxylic acids is 1. The van der Waals surface area contributed by atoms with Crippen LogP contribution in [0.5, 0.6) is 0 Å². The Hall–Kier alpha value is -2.83. The lowest BCUT2D eigenvalue weighted by Crippen LogP contribution is -2.50. The summed E-state index contributed by atoms with van der Waals surface area (Å²) in [5, 5.41) is 12.4. The van der Waals surface area contributed by atoms with Gasteiger partial charge in [0.2, 0.25) is 0 Å². The third-order valence-electron chi connectivity index (χ3n) is 8.23. The third-order valence-corrected chi connectivity index (χ3v) is 8.23. The fourth-order valence-electron chi connectivity index (χ4n) is 5.83. The number of carbonyl (C=O) groups excluding carboxylic acids is 2. The standard InChI is InChI=1S/C34H54N2O5/c1-6-8-9-10-11-12-13-14-15-16-17-18-19-22-28-23-20-21-25(3)30(28)31-29(24-26(4)32(37)38)27(5)35-33(39)36(31)34(40)41-7-2/h20-21,23,26,31H,6-19,22,24H2,1-5H3,(H,35,39)(H,37,38). The van der Waals surface area contributed by atoms with Gasteiger partial charge in [-0.3, -0.25) is 4.79 Å². The Balaban J connectivity index is 2.09. The Morgan fingerprint density at radius 2 is 1.49 bits per heavy atom. The van der Waals surface area contributed by atoms with E-state index >= 15 is 0 Å². The maximum atomic E-state index is 13.1. The van der Waals surface area contributed by atoms with Gasteiger partial charge < -0.3 is 15.2 Å². The Kier molecular flexibility index (Phi) is 15.6. The number of carbonyl (C=O) groups is 3. The molecule has 2 rings (SSSR count). The van der Waals surface area contributed by atoms with Gasteiger partial charge in [-0.15, -0.1) is 0 Å². The molecule has 7 heteroatoms. The molecule has 1 aliphatic heterocycles. The Morgan fingerprint density at radius 1 is 0.927 bits per heavy atom. The largest absolute Gasteiger partial charge is 0.481 e. The van der Waals surface area contributed by atoms with E-state index in [0.29, 0.717) is 5.70 Å². The minimum Gasteiger partial charge on any atom is -0.481 e.